The Labute approximate surface area is 100 Å². The highest BCUT2D eigenvalue weighted by atomic mass is 15.3. The van der Waals surface area contributed by atoms with Gasteiger partial charge in [0.2, 0.25) is 0 Å². The van der Waals surface area contributed by atoms with Gasteiger partial charge in [-0.15, -0.1) is 10.2 Å². The zero-order valence-electron chi connectivity index (χ0n) is 10.4. The van der Waals surface area contributed by atoms with E-state index in [-0.39, 0.29) is 6.04 Å². The quantitative estimate of drug-likeness (QED) is 0.845. The molecule has 0 saturated heterocycles. The third-order valence-electron chi connectivity index (χ3n) is 2.57. The molecule has 17 heavy (non-hydrogen) atoms. The van der Waals surface area contributed by atoms with E-state index in [1.54, 1.807) is 17.2 Å². The van der Waals surface area contributed by atoms with E-state index in [1.165, 1.54) is 0 Å². The summed E-state index contributed by atoms with van der Waals surface area (Å²) in [6.45, 7) is 5.18. The van der Waals surface area contributed by atoms with E-state index < -0.39 is 0 Å². The van der Waals surface area contributed by atoms with Crippen molar-refractivity contribution in [3.8, 4) is 0 Å². The van der Waals surface area contributed by atoms with Crippen LogP contribution in [0.2, 0.25) is 0 Å². The number of hydrogen-bond acceptors (Lipinski definition) is 4. The number of nitrogens with two attached hydrogens (primary N) is 1. The van der Waals surface area contributed by atoms with E-state index in [1.807, 2.05) is 17.8 Å². The lowest BCUT2D eigenvalue weighted by molar-refractivity contribution is 0.499. The molecular weight excluding hydrogens is 216 g/mol. The molecule has 6 heteroatoms. The molecule has 2 N–H and O–H groups in total. The Hall–Kier alpha value is -1.69. The Balaban J connectivity index is 2.24. The third kappa shape index (κ3) is 2.52. The molecule has 1 unspecified atom stereocenters. The van der Waals surface area contributed by atoms with E-state index in [0.717, 1.165) is 17.9 Å². The van der Waals surface area contributed by atoms with Crippen LogP contribution >= 0.6 is 0 Å². The van der Waals surface area contributed by atoms with E-state index in [0.29, 0.717) is 5.92 Å². The highest BCUT2D eigenvalue weighted by Gasteiger charge is 2.17. The van der Waals surface area contributed by atoms with Crippen molar-refractivity contribution in [2.75, 3.05) is 0 Å². The average molecular weight is 234 g/mol. The van der Waals surface area contributed by atoms with Gasteiger partial charge in [0.25, 0.3) is 0 Å². The summed E-state index contributed by atoms with van der Waals surface area (Å²) in [5.74, 6) is 1.32. The number of rotatable bonds is 4. The first-order valence-electron chi connectivity index (χ1n) is 5.69. The summed E-state index contributed by atoms with van der Waals surface area (Å²) >= 11 is 0. The fourth-order valence-electron chi connectivity index (χ4n) is 1.79. The lowest BCUT2D eigenvalue weighted by atomic mass is 10.1. The van der Waals surface area contributed by atoms with Gasteiger partial charge in [-0.25, -0.2) is 0 Å². The van der Waals surface area contributed by atoms with Gasteiger partial charge in [-0.2, -0.15) is 5.10 Å². The lowest BCUT2D eigenvalue weighted by Gasteiger charge is -2.13. The molecule has 6 nitrogen and oxygen atoms in total. The monoisotopic (exact) mass is 234 g/mol. The summed E-state index contributed by atoms with van der Waals surface area (Å²) in [6.07, 6.45) is 5.39. The van der Waals surface area contributed by atoms with Crippen molar-refractivity contribution in [3.63, 3.8) is 0 Å². The van der Waals surface area contributed by atoms with Gasteiger partial charge in [0.1, 0.15) is 6.33 Å². The molecule has 0 aromatic carbocycles. The fraction of sp³-hybridized carbons (Fsp3) is 0.545. The van der Waals surface area contributed by atoms with Gasteiger partial charge in [-0.3, -0.25) is 4.68 Å². The zero-order chi connectivity index (χ0) is 12.4. The molecule has 1 atom stereocenters. The van der Waals surface area contributed by atoms with Crippen LogP contribution in [0.5, 0.6) is 0 Å². The minimum atomic E-state index is -0.273. The molecule has 2 heterocycles. The van der Waals surface area contributed by atoms with Gasteiger partial charge >= 0.3 is 0 Å². The normalized spacial score (nSPS) is 13.2. The second-order valence-corrected chi connectivity index (χ2v) is 4.66. The molecule has 0 bridgehead atoms. The molecule has 0 radical (unpaired) electrons. The largest absolute Gasteiger partial charge is 0.318 e. The summed E-state index contributed by atoms with van der Waals surface area (Å²) in [6, 6.07) is -0.273. The summed E-state index contributed by atoms with van der Waals surface area (Å²) in [5.41, 5.74) is 7.12. The van der Waals surface area contributed by atoms with Crippen molar-refractivity contribution in [1.29, 1.82) is 0 Å². The van der Waals surface area contributed by atoms with Crippen molar-refractivity contribution in [2.45, 2.75) is 26.4 Å². The van der Waals surface area contributed by atoms with E-state index in [4.69, 9.17) is 5.73 Å². The Morgan fingerprint density at radius 3 is 2.76 bits per heavy atom. The molecule has 0 aliphatic heterocycles. The maximum absolute atomic E-state index is 6.17. The van der Waals surface area contributed by atoms with Crippen LogP contribution < -0.4 is 5.73 Å². The molecule has 0 spiro atoms. The van der Waals surface area contributed by atoms with Crippen LogP contribution in [0.1, 0.15) is 31.3 Å². The molecule has 0 fully saturated rings. The molecule has 0 aliphatic carbocycles. The Kier molecular flexibility index (Phi) is 3.23. The summed E-state index contributed by atoms with van der Waals surface area (Å²) in [5, 5.41) is 12.2. The maximum Gasteiger partial charge on any atom is 0.154 e. The molecule has 0 aliphatic rings. The highest BCUT2D eigenvalue weighted by molar-refractivity contribution is 5.18. The lowest BCUT2D eigenvalue weighted by Crippen LogP contribution is -2.18. The van der Waals surface area contributed by atoms with Crippen LogP contribution in [-0.4, -0.2) is 24.5 Å². The molecule has 0 amide bonds. The summed E-state index contributed by atoms with van der Waals surface area (Å²) < 4.78 is 3.74. The minimum Gasteiger partial charge on any atom is -0.318 e. The fourth-order valence-corrected chi connectivity index (χ4v) is 1.79. The first-order valence-corrected chi connectivity index (χ1v) is 5.69. The minimum absolute atomic E-state index is 0.273. The van der Waals surface area contributed by atoms with Crippen LogP contribution in [0.25, 0.3) is 0 Å². The van der Waals surface area contributed by atoms with Gasteiger partial charge < -0.3 is 10.3 Å². The van der Waals surface area contributed by atoms with Crippen molar-refractivity contribution < 1.29 is 0 Å². The number of aryl methyl sites for hydroxylation is 1. The summed E-state index contributed by atoms with van der Waals surface area (Å²) in [4.78, 5) is 0. The average Bonchev–Trinajstić information content (AvgIpc) is 2.85. The van der Waals surface area contributed by atoms with Crippen molar-refractivity contribution in [3.05, 3.63) is 30.1 Å². The highest BCUT2D eigenvalue weighted by Crippen LogP contribution is 2.17. The van der Waals surface area contributed by atoms with Crippen molar-refractivity contribution >= 4 is 0 Å². The molecule has 2 rings (SSSR count). The van der Waals surface area contributed by atoms with Crippen molar-refractivity contribution in [2.24, 2.45) is 18.7 Å². The van der Waals surface area contributed by atoms with Gasteiger partial charge in [0, 0.05) is 25.4 Å². The second kappa shape index (κ2) is 4.67. The maximum atomic E-state index is 6.17. The Morgan fingerprint density at radius 1 is 1.41 bits per heavy atom. The third-order valence-corrected chi connectivity index (χ3v) is 2.57. The van der Waals surface area contributed by atoms with Gasteiger partial charge in [0.15, 0.2) is 5.82 Å². The van der Waals surface area contributed by atoms with Gasteiger partial charge in [-0.1, -0.05) is 13.8 Å². The first kappa shape index (κ1) is 11.8. The van der Waals surface area contributed by atoms with Crippen LogP contribution in [0, 0.1) is 5.92 Å². The van der Waals surface area contributed by atoms with E-state index in [2.05, 4.69) is 29.1 Å². The number of aromatic nitrogens is 5. The van der Waals surface area contributed by atoms with Crippen LogP contribution in [-0.2, 0) is 13.6 Å². The van der Waals surface area contributed by atoms with Gasteiger partial charge in [0.05, 0.1) is 12.2 Å². The predicted octanol–water partition coefficient (Wildman–Crippen LogP) is 0.716. The van der Waals surface area contributed by atoms with E-state index in [9.17, 15) is 0 Å². The topological polar surface area (TPSA) is 74.6 Å². The van der Waals surface area contributed by atoms with Crippen LogP contribution in [0.4, 0.5) is 0 Å². The van der Waals surface area contributed by atoms with Crippen molar-refractivity contribution in [1.82, 2.24) is 24.5 Å². The summed E-state index contributed by atoms with van der Waals surface area (Å²) in [7, 11) is 1.87. The van der Waals surface area contributed by atoms with Crippen LogP contribution in [0.15, 0.2) is 18.7 Å². The molecule has 92 valence electrons. The molecule has 0 saturated carbocycles. The smallest absolute Gasteiger partial charge is 0.154 e. The first-order chi connectivity index (χ1) is 8.08. The second-order valence-electron chi connectivity index (χ2n) is 4.66. The standard InChI is InChI=1S/C11H18N6/c1-8(2)5-17-7-13-15-11(17)10(12)9-4-14-16(3)6-9/h4,6-8,10H,5,12H2,1-3H3. The Morgan fingerprint density at radius 2 is 2.18 bits per heavy atom. The number of nitrogens with zero attached hydrogens (tertiary/aromatic N) is 5. The Bertz CT molecular complexity index is 484. The van der Waals surface area contributed by atoms with Crippen LogP contribution in [0.3, 0.4) is 0 Å². The van der Waals surface area contributed by atoms with E-state index >= 15 is 0 Å². The predicted molar refractivity (Wildman–Crippen MR) is 64.1 cm³/mol. The number of hydrogen-bond donors (Lipinski definition) is 1. The zero-order valence-corrected chi connectivity index (χ0v) is 10.4. The SMILES string of the molecule is CC(C)Cn1cnnc1C(N)c1cnn(C)c1. The van der Waals surface area contributed by atoms with Gasteiger partial charge in [-0.05, 0) is 5.92 Å². The molecular formula is C11H18N6. The molecule has 2 aromatic heterocycles. The molecule has 2 aromatic rings.